The molecule has 0 atom stereocenters. The van der Waals surface area contributed by atoms with E-state index in [1.54, 1.807) is 7.11 Å². The number of rotatable bonds is 5. The zero-order chi connectivity index (χ0) is 23.0. The smallest absolute Gasteiger partial charge is 0.332 e. The largest absolute Gasteiger partial charge is 0.497 e. The molecule has 4 aromatic rings. The van der Waals surface area contributed by atoms with Crippen LogP contribution in [-0.4, -0.2) is 26.2 Å². The van der Waals surface area contributed by atoms with E-state index in [-0.39, 0.29) is 17.8 Å². The molecule has 2 heterocycles. The number of hydrogen-bond acceptors (Lipinski definition) is 5. The van der Waals surface area contributed by atoms with E-state index in [9.17, 15) is 9.59 Å². The van der Waals surface area contributed by atoms with E-state index in [0.29, 0.717) is 23.4 Å². The number of aromatic nitrogens is 4. The Hall–Kier alpha value is -3.74. The number of ether oxygens (including phenoxy) is 1. The Bertz CT molecular complexity index is 1410. The summed E-state index contributed by atoms with van der Waals surface area (Å²) in [7, 11) is 1.60. The number of fused-ring (bicyclic) bond motifs is 1. The normalized spacial score (nSPS) is 11.2. The molecular formula is C25H26N4O3. The van der Waals surface area contributed by atoms with Crippen LogP contribution in [0.4, 0.5) is 0 Å². The number of methoxy groups -OCH3 is 1. The molecule has 2 aromatic carbocycles. The Labute approximate surface area is 186 Å². The SMILES string of the molecule is CCn1c(=O)n(Cc2c(C)cc(C)cc2C)c(=O)c2cnc(-c3ccc(OC)cc3)nc21. The Balaban J connectivity index is 1.89. The third kappa shape index (κ3) is 3.70. The lowest BCUT2D eigenvalue weighted by Gasteiger charge is -2.15. The van der Waals surface area contributed by atoms with Crippen LogP contribution in [0.3, 0.4) is 0 Å². The summed E-state index contributed by atoms with van der Waals surface area (Å²) in [6, 6.07) is 11.5. The number of benzene rings is 2. The van der Waals surface area contributed by atoms with Gasteiger partial charge in [-0.05, 0) is 68.7 Å². The van der Waals surface area contributed by atoms with Crippen LogP contribution < -0.4 is 16.0 Å². The number of hydrogen-bond donors (Lipinski definition) is 0. The molecular weight excluding hydrogens is 404 g/mol. The fraction of sp³-hybridized carbons (Fsp3) is 0.280. The topological polar surface area (TPSA) is 79.0 Å². The van der Waals surface area contributed by atoms with Crippen LogP contribution >= 0.6 is 0 Å². The van der Waals surface area contributed by atoms with E-state index in [1.807, 2.05) is 52.0 Å². The molecule has 32 heavy (non-hydrogen) atoms. The van der Waals surface area contributed by atoms with Gasteiger partial charge < -0.3 is 4.74 Å². The van der Waals surface area contributed by atoms with Crippen LogP contribution in [0.15, 0.2) is 52.2 Å². The maximum Gasteiger partial charge on any atom is 0.332 e. The van der Waals surface area contributed by atoms with Crippen molar-refractivity contribution in [3.63, 3.8) is 0 Å². The van der Waals surface area contributed by atoms with Gasteiger partial charge in [0.15, 0.2) is 11.5 Å². The van der Waals surface area contributed by atoms with Crippen molar-refractivity contribution in [3.05, 3.63) is 85.7 Å². The summed E-state index contributed by atoms with van der Waals surface area (Å²) in [6.45, 7) is 8.52. The predicted octanol–water partition coefficient (Wildman–Crippen LogP) is 3.62. The van der Waals surface area contributed by atoms with Crippen molar-refractivity contribution < 1.29 is 4.74 Å². The molecule has 2 aromatic heterocycles. The molecule has 0 radical (unpaired) electrons. The molecule has 0 saturated carbocycles. The van der Waals surface area contributed by atoms with Crippen molar-refractivity contribution in [2.45, 2.75) is 40.8 Å². The summed E-state index contributed by atoms with van der Waals surface area (Å²) in [5.41, 5.74) is 4.62. The second-order valence-electron chi connectivity index (χ2n) is 7.95. The first-order valence-electron chi connectivity index (χ1n) is 10.6. The maximum absolute atomic E-state index is 13.3. The van der Waals surface area contributed by atoms with Gasteiger partial charge in [0.2, 0.25) is 0 Å². The maximum atomic E-state index is 13.3. The molecule has 0 aliphatic carbocycles. The quantitative estimate of drug-likeness (QED) is 0.483. The third-order valence-electron chi connectivity index (χ3n) is 5.78. The molecule has 0 amide bonds. The van der Waals surface area contributed by atoms with Gasteiger partial charge in [-0.2, -0.15) is 0 Å². The second kappa shape index (κ2) is 8.42. The van der Waals surface area contributed by atoms with E-state index in [4.69, 9.17) is 4.74 Å². The van der Waals surface area contributed by atoms with Gasteiger partial charge in [0.05, 0.1) is 13.7 Å². The second-order valence-corrected chi connectivity index (χ2v) is 7.95. The highest BCUT2D eigenvalue weighted by Gasteiger charge is 2.17. The van der Waals surface area contributed by atoms with Crippen LogP contribution in [0.2, 0.25) is 0 Å². The van der Waals surface area contributed by atoms with Gasteiger partial charge in [-0.15, -0.1) is 0 Å². The molecule has 0 spiro atoms. The fourth-order valence-electron chi connectivity index (χ4n) is 4.12. The van der Waals surface area contributed by atoms with Gasteiger partial charge in [-0.25, -0.2) is 14.8 Å². The molecule has 0 fully saturated rings. The van der Waals surface area contributed by atoms with E-state index >= 15 is 0 Å². The zero-order valence-electron chi connectivity index (χ0n) is 19.0. The summed E-state index contributed by atoms with van der Waals surface area (Å²) < 4.78 is 8.01. The zero-order valence-corrected chi connectivity index (χ0v) is 19.0. The average molecular weight is 431 g/mol. The lowest BCUT2D eigenvalue weighted by Crippen LogP contribution is -2.40. The minimum absolute atomic E-state index is 0.214. The highest BCUT2D eigenvalue weighted by molar-refractivity contribution is 5.75. The summed E-state index contributed by atoms with van der Waals surface area (Å²) in [6.07, 6.45) is 1.52. The number of nitrogens with zero attached hydrogens (tertiary/aromatic N) is 4. The van der Waals surface area contributed by atoms with Gasteiger partial charge in [0.1, 0.15) is 11.1 Å². The van der Waals surface area contributed by atoms with E-state index in [2.05, 4.69) is 22.1 Å². The molecule has 0 unspecified atom stereocenters. The highest BCUT2D eigenvalue weighted by Crippen LogP contribution is 2.21. The fourth-order valence-corrected chi connectivity index (χ4v) is 4.12. The average Bonchev–Trinajstić information content (AvgIpc) is 2.78. The highest BCUT2D eigenvalue weighted by atomic mass is 16.5. The summed E-state index contributed by atoms with van der Waals surface area (Å²) in [5, 5.41) is 0.325. The standard InChI is InChI=1S/C25H26N4O3/c1-6-28-23-20(13-26-22(27-23)18-7-9-19(32-5)10-8-18)24(30)29(25(28)31)14-21-16(3)11-15(2)12-17(21)4/h7-13H,6,14H2,1-5H3. The van der Waals surface area contributed by atoms with Crippen molar-refractivity contribution in [1.29, 1.82) is 0 Å². The van der Waals surface area contributed by atoms with Crippen LogP contribution in [0.25, 0.3) is 22.4 Å². The van der Waals surface area contributed by atoms with E-state index < -0.39 is 0 Å². The lowest BCUT2D eigenvalue weighted by atomic mass is 10.00. The Morgan fingerprint density at radius 1 is 0.969 bits per heavy atom. The molecule has 7 heteroatoms. The molecule has 0 N–H and O–H groups in total. The van der Waals surface area contributed by atoms with Crippen LogP contribution in [0.5, 0.6) is 5.75 Å². The van der Waals surface area contributed by atoms with Gasteiger partial charge in [0.25, 0.3) is 5.56 Å². The first kappa shape index (κ1) is 21.5. The minimum atomic E-state index is -0.379. The summed E-state index contributed by atoms with van der Waals surface area (Å²) in [4.78, 5) is 35.6. The molecule has 0 saturated heterocycles. The molecule has 7 nitrogen and oxygen atoms in total. The van der Waals surface area contributed by atoms with Crippen molar-refractivity contribution in [3.8, 4) is 17.1 Å². The van der Waals surface area contributed by atoms with E-state index in [1.165, 1.54) is 15.3 Å². The Morgan fingerprint density at radius 2 is 1.62 bits per heavy atom. The Morgan fingerprint density at radius 3 is 2.22 bits per heavy atom. The first-order chi connectivity index (χ1) is 15.3. The third-order valence-corrected chi connectivity index (χ3v) is 5.78. The van der Waals surface area contributed by atoms with Gasteiger partial charge in [-0.1, -0.05) is 17.7 Å². The first-order valence-corrected chi connectivity index (χ1v) is 10.6. The summed E-state index contributed by atoms with van der Waals surface area (Å²) in [5.74, 6) is 1.17. The molecule has 0 bridgehead atoms. The monoisotopic (exact) mass is 430 g/mol. The van der Waals surface area contributed by atoms with Gasteiger partial charge in [0, 0.05) is 18.3 Å². The predicted molar refractivity (Wildman–Crippen MR) is 125 cm³/mol. The number of aryl methyl sites for hydroxylation is 4. The van der Waals surface area contributed by atoms with Crippen molar-refractivity contribution in [2.24, 2.45) is 0 Å². The molecule has 4 rings (SSSR count). The summed E-state index contributed by atoms with van der Waals surface area (Å²) >= 11 is 0. The van der Waals surface area contributed by atoms with E-state index in [0.717, 1.165) is 33.6 Å². The van der Waals surface area contributed by atoms with Crippen molar-refractivity contribution in [2.75, 3.05) is 7.11 Å². The van der Waals surface area contributed by atoms with Crippen molar-refractivity contribution >= 4 is 11.0 Å². The lowest BCUT2D eigenvalue weighted by molar-refractivity contribution is 0.415. The van der Waals surface area contributed by atoms with Crippen LogP contribution in [0.1, 0.15) is 29.2 Å². The Kier molecular flexibility index (Phi) is 5.65. The van der Waals surface area contributed by atoms with Crippen LogP contribution in [0, 0.1) is 20.8 Å². The molecule has 0 aliphatic rings. The molecule has 0 aliphatic heterocycles. The van der Waals surface area contributed by atoms with Gasteiger partial charge >= 0.3 is 5.69 Å². The minimum Gasteiger partial charge on any atom is -0.497 e. The van der Waals surface area contributed by atoms with Crippen molar-refractivity contribution in [1.82, 2.24) is 19.1 Å². The van der Waals surface area contributed by atoms with Crippen LogP contribution in [-0.2, 0) is 13.1 Å². The molecule has 164 valence electrons. The van der Waals surface area contributed by atoms with Gasteiger partial charge in [-0.3, -0.25) is 13.9 Å².